The van der Waals surface area contributed by atoms with E-state index in [1.54, 1.807) is 7.11 Å². The topological polar surface area (TPSA) is 66.8 Å². The van der Waals surface area contributed by atoms with Crippen molar-refractivity contribution in [3.05, 3.63) is 0 Å². The fourth-order valence-corrected chi connectivity index (χ4v) is 3.75. The minimum atomic E-state index is -0.923. The lowest BCUT2D eigenvalue weighted by Gasteiger charge is -2.28. The van der Waals surface area contributed by atoms with Gasteiger partial charge in [0.15, 0.2) is 0 Å². The van der Waals surface area contributed by atoms with Gasteiger partial charge in [-0.2, -0.15) is 0 Å². The van der Waals surface area contributed by atoms with E-state index in [2.05, 4.69) is 0 Å². The van der Waals surface area contributed by atoms with Crippen molar-refractivity contribution in [2.24, 2.45) is 11.8 Å². The quantitative estimate of drug-likeness (QED) is 0.845. The number of amides is 1. The third-order valence-electron chi connectivity index (χ3n) is 5.00. The standard InChI is InChI=1S/C16H27NO4/c1-11(8-12-6-4-3-5-7-12)15(18)17-10-13(21-2)9-14(17)16(19)20/h11-14H,3-10H2,1-2H3,(H,19,20). The Labute approximate surface area is 126 Å². The van der Waals surface area contributed by atoms with E-state index in [0.29, 0.717) is 18.9 Å². The number of nitrogens with zero attached hydrogens (tertiary/aromatic N) is 1. The smallest absolute Gasteiger partial charge is 0.326 e. The Morgan fingerprint density at radius 3 is 2.52 bits per heavy atom. The molecule has 0 aromatic heterocycles. The van der Waals surface area contributed by atoms with E-state index in [4.69, 9.17) is 4.74 Å². The van der Waals surface area contributed by atoms with Crippen LogP contribution in [0.2, 0.25) is 0 Å². The number of carboxylic acids is 1. The highest BCUT2D eigenvalue weighted by molar-refractivity contribution is 5.85. The maximum absolute atomic E-state index is 12.6. The Morgan fingerprint density at radius 1 is 1.29 bits per heavy atom. The van der Waals surface area contributed by atoms with E-state index >= 15 is 0 Å². The average molecular weight is 297 g/mol. The first-order chi connectivity index (χ1) is 10.0. The molecule has 2 fully saturated rings. The molecular formula is C16H27NO4. The van der Waals surface area contributed by atoms with Gasteiger partial charge >= 0.3 is 5.97 Å². The zero-order valence-corrected chi connectivity index (χ0v) is 13.1. The molecule has 3 unspecified atom stereocenters. The van der Waals surface area contributed by atoms with E-state index in [-0.39, 0.29) is 17.9 Å². The second-order valence-electron chi connectivity index (χ2n) is 6.58. The van der Waals surface area contributed by atoms with Crippen LogP contribution < -0.4 is 0 Å². The highest BCUT2D eigenvalue weighted by Crippen LogP contribution is 2.31. The normalized spacial score (nSPS) is 28.6. The van der Waals surface area contributed by atoms with E-state index in [1.807, 2.05) is 6.92 Å². The molecule has 120 valence electrons. The molecule has 2 rings (SSSR count). The van der Waals surface area contributed by atoms with Crippen molar-refractivity contribution in [3.63, 3.8) is 0 Å². The van der Waals surface area contributed by atoms with Gasteiger partial charge in [-0.1, -0.05) is 39.0 Å². The lowest BCUT2D eigenvalue weighted by Crippen LogP contribution is -2.43. The summed E-state index contributed by atoms with van der Waals surface area (Å²) >= 11 is 0. The molecule has 2 aliphatic rings. The first-order valence-corrected chi connectivity index (χ1v) is 8.09. The third-order valence-corrected chi connectivity index (χ3v) is 5.00. The summed E-state index contributed by atoms with van der Waals surface area (Å²) in [6.45, 7) is 2.34. The Hall–Kier alpha value is -1.10. The molecule has 0 radical (unpaired) electrons. The summed E-state index contributed by atoms with van der Waals surface area (Å²) in [5.74, 6) is -0.410. The number of ether oxygens (including phenoxy) is 1. The molecule has 0 bridgehead atoms. The Kier molecular flexibility index (Phi) is 5.62. The van der Waals surface area contributed by atoms with Crippen molar-refractivity contribution in [1.82, 2.24) is 4.90 Å². The van der Waals surface area contributed by atoms with Crippen LogP contribution in [0.1, 0.15) is 51.9 Å². The highest BCUT2D eigenvalue weighted by atomic mass is 16.5. The Morgan fingerprint density at radius 2 is 1.95 bits per heavy atom. The number of methoxy groups -OCH3 is 1. The molecule has 1 heterocycles. The second kappa shape index (κ2) is 7.25. The van der Waals surface area contributed by atoms with Gasteiger partial charge < -0.3 is 14.7 Å². The molecule has 1 saturated carbocycles. The molecule has 1 aliphatic carbocycles. The van der Waals surface area contributed by atoms with Gasteiger partial charge in [0.05, 0.1) is 6.10 Å². The van der Waals surface area contributed by atoms with Crippen LogP contribution in [0.5, 0.6) is 0 Å². The molecule has 1 N–H and O–H groups in total. The van der Waals surface area contributed by atoms with Crippen molar-refractivity contribution < 1.29 is 19.4 Å². The van der Waals surface area contributed by atoms with Gasteiger partial charge in [0.1, 0.15) is 6.04 Å². The zero-order valence-electron chi connectivity index (χ0n) is 13.1. The number of rotatable bonds is 5. The summed E-state index contributed by atoms with van der Waals surface area (Å²) in [7, 11) is 1.57. The van der Waals surface area contributed by atoms with Crippen LogP contribution in [0.4, 0.5) is 0 Å². The number of carbonyl (C=O) groups excluding carboxylic acids is 1. The van der Waals surface area contributed by atoms with Crippen LogP contribution in [0, 0.1) is 11.8 Å². The Bertz CT molecular complexity index is 378. The predicted octanol–water partition coefficient (Wildman–Crippen LogP) is 2.29. The third kappa shape index (κ3) is 3.96. The van der Waals surface area contributed by atoms with Gasteiger partial charge in [-0.25, -0.2) is 4.79 Å². The van der Waals surface area contributed by atoms with Crippen LogP contribution >= 0.6 is 0 Å². The monoisotopic (exact) mass is 297 g/mol. The lowest BCUT2D eigenvalue weighted by atomic mass is 9.83. The fraction of sp³-hybridized carbons (Fsp3) is 0.875. The average Bonchev–Trinajstić information content (AvgIpc) is 2.92. The van der Waals surface area contributed by atoms with E-state index < -0.39 is 12.0 Å². The summed E-state index contributed by atoms with van der Waals surface area (Å²) in [5, 5.41) is 9.30. The van der Waals surface area contributed by atoms with Crippen molar-refractivity contribution >= 4 is 11.9 Å². The first-order valence-electron chi connectivity index (χ1n) is 8.09. The van der Waals surface area contributed by atoms with Crippen LogP contribution in [-0.2, 0) is 14.3 Å². The van der Waals surface area contributed by atoms with Gasteiger partial charge in [-0.05, 0) is 12.3 Å². The van der Waals surface area contributed by atoms with Gasteiger partial charge in [0, 0.05) is 26.0 Å². The predicted molar refractivity (Wildman–Crippen MR) is 78.9 cm³/mol. The van der Waals surface area contributed by atoms with Crippen molar-refractivity contribution in [1.29, 1.82) is 0 Å². The minimum Gasteiger partial charge on any atom is -0.480 e. The maximum Gasteiger partial charge on any atom is 0.326 e. The SMILES string of the molecule is COC1CC(C(=O)O)N(C(=O)C(C)CC2CCCCC2)C1. The lowest BCUT2D eigenvalue weighted by molar-refractivity contribution is -0.150. The number of hydrogen-bond donors (Lipinski definition) is 1. The molecule has 21 heavy (non-hydrogen) atoms. The molecule has 5 nitrogen and oxygen atoms in total. The number of aliphatic carboxylic acids is 1. The van der Waals surface area contributed by atoms with Crippen LogP contribution in [0.15, 0.2) is 0 Å². The van der Waals surface area contributed by atoms with Gasteiger partial charge in [0.25, 0.3) is 0 Å². The van der Waals surface area contributed by atoms with Gasteiger partial charge in [-0.3, -0.25) is 4.79 Å². The van der Waals surface area contributed by atoms with Crippen molar-refractivity contribution in [2.75, 3.05) is 13.7 Å². The highest BCUT2D eigenvalue weighted by Gasteiger charge is 2.41. The molecule has 3 atom stereocenters. The summed E-state index contributed by atoms with van der Waals surface area (Å²) in [6.07, 6.45) is 7.38. The molecular weight excluding hydrogens is 270 g/mol. The van der Waals surface area contributed by atoms with Crippen LogP contribution in [0.3, 0.4) is 0 Å². The molecule has 0 aromatic rings. The number of likely N-dealkylation sites (tertiary alicyclic amines) is 1. The van der Waals surface area contributed by atoms with Gasteiger partial charge in [-0.15, -0.1) is 0 Å². The minimum absolute atomic E-state index is 0.0208. The summed E-state index contributed by atoms with van der Waals surface area (Å²) in [6, 6.07) is -0.726. The largest absolute Gasteiger partial charge is 0.480 e. The van der Waals surface area contributed by atoms with Crippen LogP contribution in [0.25, 0.3) is 0 Å². The molecule has 1 saturated heterocycles. The van der Waals surface area contributed by atoms with E-state index in [1.165, 1.54) is 37.0 Å². The fourth-order valence-electron chi connectivity index (χ4n) is 3.75. The molecule has 1 aliphatic heterocycles. The maximum atomic E-state index is 12.6. The van der Waals surface area contributed by atoms with E-state index in [0.717, 1.165) is 6.42 Å². The van der Waals surface area contributed by atoms with E-state index in [9.17, 15) is 14.7 Å². The molecule has 0 spiro atoms. The summed E-state index contributed by atoms with van der Waals surface area (Å²) in [5.41, 5.74) is 0. The van der Waals surface area contributed by atoms with Gasteiger partial charge in [0.2, 0.25) is 5.91 Å². The summed E-state index contributed by atoms with van der Waals surface area (Å²) in [4.78, 5) is 25.5. The number of carbonyl (C=O) groups is 2. The zero-order chi connectivity index (χ0) is 15.4. The number of carboxylic acid groups (broad SMARTS) is 1. The molecule has 0 aromatic carbocycles. The first kappa shape index (κ1) is 16.3. The van der Waals surface area contributed by atoms with Crippen LogP contribution in [-0.4, -0.2) is 47.7 Å². The second-order valence-corrected chi connectivity index (χ2v) is 6.58. The van der Waals surface area contributed by atoms with Crippen molar-refractivity contribution in [2.45, 2.75) is 64.0 Å². The molecule has 1 amide bonds. The molecule has 5 heteroatoms. The van der Waals surface area contributed by atoms with Crippen molar-refractivity contribution in [3.8, 4) is 0 Å². The Balaban J connectivity index is 1.94. The summed E-state index contributed by atoms with van der Waals surface area (Å²) < 4.78 is 5.24. The number of hydrogen-bond acceptors (Lipinski definition) is 3.